The topological polar surface area (TPSA) is 98.1 Å². The number of carbonyl (C=O) groups excluding carboxylic acids is 3. The Kier molecular flexibility index (Phi) is 7.33. The number of halogens is 2. The van der Waals surface area contributed by atoms with Gasteiger partial charge in [-0.15, -0.1) is 0 Å². The van der Waals surface area contributed by atoms with E-state index < -0.39 is 24.0 Å². The molecular formula is C26H24F2N2O6. The number of carbonyl (C=O) groups is 3. The Hall–Kier alpha value is -4.21. The second-order valence-electron chi connectivity index (χ2n) is 8.61. The molecule has 0 radical (unpaired) electrons. The van der Waals surface area contributed by atoms with Gasteiger partial charge in [0.05, 0.1) is 12.2 Å². The normalized spacial score (nSPS) is 12.8. The van der Waals surface area contributed by atoms with Crippen molar-refractivity contribution in [2.75, 3.05) is 24.7 Å². The molecular weight excluding hydrogens is 474 g/mol. The number of amides is 2. The van der Waals surface area contributed by atoms with Crippen LogP contribution < -0.4 is 19.7 Å². The first-order chi connectivity index (χ1) is 17.2. The van der Waals surface area contributed by atoms with Gasteiger partial charge in [-0.05, 0) is 48.4 Å². The van der Waals surface area contributed by atoms with Crippen LogP contribution >= 0.6 is 0 Å². The van der Waals surface area contributed by atoms with Crippen LogP contribution in [0.3, 0.4) is 0 Å². The summed E-state index contributed by atoms with van der Waals surface area (Å²) in [5, 5.41) is 2.77. The molecule has 2 aromatic carbocycles. The summed E-state index contributed by atoms with van der Waals surface area (Å²) >= 11 is 0. The molecule has 0 saturated carbocycles. The summed E-state index contributed by atoms with van der Waals surface area (Å²) in [4.78, 5) is 39.0. The van der Waals surface area contributed by atoms with Gasteiger partial charge in [-0.2, -0.15) is 0 Å². The summed E-state index contributed by atoms with van der Waals surface area (Å²) in [5.41, 5.74) is 0.542. The average molecular weight is 498 g/mol. The largest absolute Gasteiger partial charge is 0.482 e. The van der Waals surface area contributed by atoms with Crippen molar-refractivity contribution in [3.8, 4) is 11.5 Å². The highest BCUT2D eigenvalue weighted by molar-refractivity contribution is 6.02. The molecule has 2 amide bonds. The van der Waals surface area contributed by atoms with E-state index in [9.17, 15) is 23.2 Å². The third kappa shape index (κ3) is 5.70. The molecule has 0 atom stereocenters. The number of hydrogen-bond acceptors (Lipinski definition) is 6. The van der Waals surface area contributed by atoms with Crippen molar-refractivity contribution in [2.24, 2.45) is 5.92 Å². The van der Waals surface area contributed by atoms with Crippen molar-refractivity contribution >= 4 is 23.3 Å². The lowest BCUT2D eigenvalue weighted by Crippen LogP contribution is -2.38. The number of furan rings is 1. The van der Waals surface area contributed by atoms with Gasteiger partial charge in [0.2, 0.25) is 0 Å². The molecule has 8 nitrogen and oxygen atoms in total. The van der Waals surface area contributed by atoms with Crippen molar-refractivity contribution < 1.29 is 37.1 Å². The Morgan fingerprint density at radius 3 is 2.67 bits per heavy atom. The van der Waals surface area contributed by atoms with Gasteiger partial charge in [0.25, 0.3) is 11.8 Å². The fourth-order valence-corrected chi connectivity index (χ4v) is 3.49. The number of fused-ring (bicyclic) bond motifs is 1. The minimum atomic E-state index is -0.922. The maximum absolute atomic E-state index is 13.8. The molecule has 0 aliphatic carbocycles. The Morgan fingerprint density at radius 1 is 1.11 bits per heavy atom. The molecule has 0 spiro atoms. The number of ether oxygens (including phenoxy) is 2. The molecule has 36 heavy (non-hydrogen) atoms. The third-order valence-electron chi connectivity index (χ3n) is 5.35. The standard InChI is InChI=1S/C26H24F2N2O6/c1-15(2)11-29-26(33)24-8-5-18(36-24)12-30-20-9-16(3-6-23(20)35-14-25(30)32)21(31)13-34-22-7-4-17(27)10-19(22)28/h3-10,15H,11-14H2,1-2H3,(H,29,33). The fraction of sp³-hybridized carbons (Fsp3) is 0.269. The molecule has 2 heterocycles. The molecule has 1 aliphatic rings. The van der Waals surface area contributed by atoms with Crippen molar-refractivity contribution in [1.82, 2.24) is 5.32 Å². The number of ketones is 1. The Balaban J connectivity index is 1.48. The zero-order valence-electron chi connectivity index (χ0n) is 19.7. The molecule has 0 fully saturated rings. The number of benzene rings is 2. The Bertz CT molecular complexity index is 1300. The van der Waals surface area contributed by atoms with Gasteiger partial charge in [-0.25, -0.2) is 8.78 Å². The predicted octanol–water partition coefficient (Wildman–Crippen LogP) is 4.13. The number of rotatable bonds is 9. The maximum atomic E-state index is 13.8. The van der Waals surface area contributed by atoms with E-state index in [0.29, 0.717) is 29.8 Å². The molecule has 10 heteroatoms. The lowest BCUT2D eigenvalue weighted by molar-refractivity contribution is -0.121. The van der Waals surface area contributed by atoms with E-state index in [2.05, 4.69) is 5.32 Å². The SMILES string of the molecule is CC(C)CNC(=O)c1ccc(CN2C(=O)COc3ccc(C(=O)COc4ccc(F)cc4F)cc32)o1. The van der Waals surface area contributed by atoms with Crippen LogP contribution in [-0.4, -0.2) is 37.4 Å². The molecule has 3 aromatic rings. The molecule has 0 saturated heterocycles. The molecule has 4 rings (SSSR count). The maximum Gasteiger partial charge on any atom is 0.287 e. The fourth-order valence-electron chi connectivity index (χ4n) is 3.49. The van der Waals surface area contributed by atoms with Crippen LogP contribution in [0.25, 0.3) is 0 Å². The lowest BCUT2D eigenvalue weighted by Gasteiger charge is -2.29. The van der Waals surface area contributed by atoms with Crippen molar-refractivity contribution in [2.45, 2.75) is 20.4 Å². The minimum Gasteiger partial charge on any atom is -0.482 e. The predicted molar refractivity (Wildman–Crippen MR) is 125 cm³/mol. The lowest BCUT2D eigenvalue weighted by atomic mass is 10.1. The highest BCUT2D eigenvalue weighted by Crippen LogP contribution is 2.34. The van der Waals surface area contributed by atoms with Crippen LogP contribution in [0.1, 0.15) is 40.5 Å². The Morgan fingerprint density at radius 2 is 1.92 bits per heavy atom. The third-order valence-corrected chi connectivity index (χ3v) is 5.35. The molecule has 0 unspecified atom stereocenters. The number of Topliss-reactive ketones (excluding diaryl/α,β-unsaturated/α-hetero) is 1. The van der Waals surface area contributed by atoms with Crippen LogP contribution in [0.15, 0.2) is 52.9 Å². The van der Waals surface area contributed by atoms with E-state index in [1.165, 1.54) is 23.1 Å². The highest BCUT2D eigenvalue weighted by atomic mass is 19.1. The molecule has 1 aromatic heterocycles. The van der Waals surface area contributed by atoms with Crippen LogP contribution in [0.4, 0.5) is 14.5 Å². The zero-order chi connectivity index (χ0) is 25.8. The summed E-state index contributed by atoms with van der Waals surface area (Å²) in [6.07, 6.45) is 0. The molecule has 1 N–H and O–H groups in total. The van der Waals surface area contributed by atoms with Gasteiger partial charge >= 0.3 is 0 Å². The number of nitrogens with one attached hydrogen (secondary N) is 1. The van der Waals surface area contributed by atoms with Crippen molar-refractivity contribution in [3.05, 3.63) is 77.2 Å². The summed E-state index contributed by atoms with van der Waals surface area (Å²) < 4.78 is 43.2. The van der Waals surface area contributed by atoms with Gasteiger partial charge in [0.1, 0.15) is 17.3 Å². The van der Waals surface area contributed by atoms with E-state index >= 15 is 0 Å². The van der Waals surface area contributed by atoms with E-state index in [-0.39, 0.29) is 48.0 Å². The number of nitrogens with zero attached hydrogens (tertiary/aromatic N) is 1. The first-order valence-corrected chi connectivity index (χ1v) is 11.3. The molecule has 0 bridgehead atoms. The van der Waals surface area contributed by atoms with Crippen molar-refractivity contribution in [3.63, 3.8) is 0 Å². The van der Waals surface area contributed by atoms with E-state index in [1.54, 1.807) is 12.1 Å². The highest BCUT2D eigenvalue weighted by Gasteiger charge is 2.28. The summed E-state index contributed by atoms with van der Waals surface area (Å²) in [7, 11) is 0. The first-order valence-electron chi connectivity index (χ1n) is 11.3. The first kappa shape index (κ1) is 24.9. The van der Waals surface area contributed by atoms with Gasteiger partial charge in [0, 0.05) is 18.2 Å². The van der Waals surface area contributed by atoms with Crippen molar-refractivity contribution in [1.29, 1.82) is 0 Å². The average Bonchev–Trinajstić information content (AvgIpc) is 3.32. The summed E-state index contributed by atoms with van der Waals surface area (Å²) in [6.45, 7) is 3.77. The summed E-state index contributed by atoms with van der Waals surface area (Å²) in [5.74, 6) is -1.97. The molecule has 188 valence electrons. The smallest absolute Gasteiger partial charge is 0.287 e. The van der Waals surface area contributed by atoms with Crippen LogP contribution in [0, 0.1) is 17.6 Å². The van der Waals surface area contributed by atoms with Gasteiger partial charge in [-0.1, -0.05) is 13.8 Å². The van der Waals surface area contributed by atoms with E-state index in [1.807, 2.05) is 13.8 Å². The number of anilines is 1. The number of hydrogen-bond donors (Lipinski definition) is 1. The second-order valence-corrected chi connectivity index (χ2v) is 8.61. The van der Waals surface area contributed by atoms with E-state index in [0.717, 1.165) is 12.1 Å². The van der Waals surface area contributed by atoms with Gasteiger partial charge < -0.3 is 19.2 Å². The van der Waals surface area contributed by atoms with Gasteiger partial charge in [0.15, 0.2) is 36.3 Å². The summed E-state index contributed by atoms with van der Waals surface area (Å²) in [6, 6.07) is 10.4. The van der Waals surface area contributed by atoms with Crippen LogP contribution in [0.5, 0.6) is 11.5 Å². The Labute approximate surface area is 205 Å². The van der Waals surface area contributed by atoms with E-state index in [4.69, 9.17) is 13.9 Å². The quantitative estimate of drug-likeness (QED) is 0.446. The minimum absolute atomic E-state index is 0.0155. The molecule has 1 aliphatic heterocycles. The van der Waals surface area contributed by atoms with Crippen LogP contribution in [-0.2, 0) is 11.3 Å². The zero-order valence-corrected chi connectivity index (χ0v) is 19.7. The monoisotopic (exact) mass is 498 g/mol. The second kappa shape index (κ2) is 10.6. The van der Waals surface area contributed by atoms with Crippen LogP contribution in [0.2, 0.25) is 0 Å². The van der Waals surface area contributed by atoms with Gasteiger partial charge in [-0.3, -0.25) is 19.3 Å².